The van der Waals surface area contributed by atoms with E-state index in [-0.39, 0.29) is 0 Å². The van der Waals surface area contributed by atoms with E-state index in [0.29, 0.717) is 6.04 Å². The number of hydrogen-bond acceptors (Lipinski definition) is 2. The van der Waals surface area contributed by atoms with Crippen LogP contribution in [0.25, 0.3) is 10.9 Å². The number of para-hydroxylation sites is 1. The Hall–Kier alpha value is -1.57. The number of nitrogens with one attached hydrogen (secondary N) is 1. The smallest absolute Gasteiger partial charge is 0.126 e. The fourth-order valence-electron chi connectivity index (χ4n) is 2.43. The average molecular weight is 212 g/mol. The zero-order valence-electron chi connectivity index (χ0n) is 9.32. The Balaban J connectivity index is 1.86. The molecule has 2 nitrogen and oxygen atoms in total. The molecule has 1 fully saturated rings. The van der Waals surface area contributed by atoms with Crippen LogP contribution < -0.4 is 5.32 Å². The van der Waals surface area contributed by atoms with Crippen LogP contribution in [-0.4, -0.2) is 11.0 Å². The molecule has 0 aliphatic heterocycles. The summed E-state index contributed by atoms with van der Waals surface area (Å²) in [6.45, 7) is 0. The van der Waals surface area contributed by atoms with Crippen molar-refractivity contribution < 1.29 is 0 Å². The van der Waals surface area contributed by atoms with E-state index < -0.39 is 0 Å². The molecule has 0 amide bonds. The molecule has 0 atom stereocenters. The molecule has 16 heavy (non-hydrogen) atoms. The van der Waals surface area contributed by atoms with Gasteiger partial charge in [0, 0.05) is 11.4 Å². The number of pyridine rings is 1. The van der Waals surface area contributed by atoms with Crippen LogP contribution in [0.15, 0.2) is 36.4 Å². The number of anilines is 1. The third kappa shape index (κ3) is 1.87. The van der Waals surface area contributed by atoms with Gasteiger partial charge in [-0.15, -0.1) is 0 Å². The van der Waals surface area contributed by atoms with Crippen molar-refractivity contribution >= 4 is 16.7 Å². The van der Waals surface area contributed by atoms with Gasteiger partial charge in [0.1, 0.15) is 5.82 Å². The third-order valence-corrected chi connectivity index (χ3v) is 3.31. The first-order valence-electron chi connectivity index (χ1n) is 6.04. The van der Waals surface area contributed by atoms with Crippen LogP contribution in [0.2, 0.25) is 0 Å². The van der Waals surface area contributed by atoms with Gasteiger partial charge in [-0.3, -0.25) is 0 Å². The van der Waals surface area contributed by atoms with Crippen LogP contribution in [0, 0.1) is 0 Å². The summed E-state index contributed by atoms with van der Waals surface area (Å²) in [5.41, 5.74) is 1.07. The van der Waals surface area contributed by atoms with Crippen molar-refractivity contribution in [3.63, 3.8) is 0 Å². The highest BCUT2D eigenvalue weighted by Crippen LogP contribution is 2.22. The van der Waals surface area contributed by atoms with Gasteiger partial charge in [-0.2, -0.15) is 0 Å². The summed E-state index contributed by atoms with van der Waals surface area (Å²) >= 11 is 0. The summed E-state index contributed by atoms with van der Waals surface area (Å²) in [5, 5.41) is 4.73. The first-order valence-corrected chi connectivity index (χ1v) is 6.04. The molecule has 1 aliphatic carbocycles. The molecule has 0 saturated heterocycles. The van der Waals surface area contributed by atoms with Gasteiger partial charge in [-0.1, -0.05) is 31.0 Å². The average Bonchev–Trinajstić information content (AvgIpc) is 2.82. The summed E-state index contributed by atoms with van der Waals surface area (Å²) < 4.78 is 0. The summed E-state index contributed by atoms with van der Waals surface area (Å²) in [6, 6.07) is 13.1. The first-order chi connectivity index (χ1) is 7.92. The van der Waals surface area contributed by atoms with Gasteiger partial charge in [0.25, 0.3) is 0 Å². The molecule has 0 bridgehead atoms. The SMILES string of the molecule is c1ccc2nc(NC3CCCC3)ccc2c1. The molecule has 82 valence electrons. The second kappa shape index (κ2) is 4.12. The minimum absolute atomic E-state index is 0.633. The maximum atomic E-state index is 4.63. The second-order valence-corrected chi connectivity index (χ2v) is 4.51. The number of benzene rings is 1. The maximum Gasteiger partial charge on any atom is 0.126 e. The van der Waals surface area contributed by atoms with Gasteiger partial charge in [0.15, 0.2) is 0 Å². The largest absolute Gasteiger partial charge is 0.367 e. The van der Waals surface area contributed by atoms with E-state index in [1.54, 1.807) is 0 Å². The van der Waals surface area contributed by atoms with Crippen molar-refractivity contribution in [1.82, 2.24) is 4.98 Å². The van der Waals surface area contributed by atoms with E-state index in [2.05, 4.69) is 34.6 Å². The van der Waals surface area contributed by atoms with E-state index in [0.717, 1.165) is 11.3 Å². The van der Waals surface area contributed by atoms with Gasteiger partial charge in [0.05, 0.1) is 5.52 Å². The summed E-state index contributed by atoms with van der Waals surface area (Å²) in [4.78, 5) is 4.63. The maximum absolute atomic E-state index is 4.63. The van der Waals surface area contributed by atoms with Gasteiger partial charge in [-0.25, -0.2) is 4.98 Å². The lowest BCUT2D eigenvalue weighted by molar-refractivity contribution is 0.751. The first kappa shape index (κ1) is 9.64. The van der Waals surface area contributed by atoms with Gasteiger partial charge in [0.2, 0.25) is 0 Å². The van der Waals surface area contributed by atoms with E-state index in [1.807, 2.05) is 12.1 Å². The second-order valence-electron chi connectivity index (χ2n) is 4.51. The molecule has 2 aromatic rings. The molecule has 1 saturated carbocycles. The van der Waals surface area contributed by atoms with Crippen molar-refractivity contribution in [3.8, 4) is 0 Å². The van der Waals surface area contributed by atoms with Crippen LogP contribution in [0.3, 0.4) is 0 Å². The Bertz CT molecular complexity index is 487. The van der Waals surface area contributed by atoms with E-state index in [1.165, 1.54) is 31.1 Å². The lowest BCUT2D eigenvalue weighted by Crippen LogP contribution is -2.15. The number of hydrogen-bond donors (Lipinski definition) is 1. The Kier molecular flexibility index (Phi) is 2.49. The lowest BCUT2D eigenvalue weighted by Gasteiger charge is -2.12. The minimum Gasteiger partial charge on any atom is -0.367 e. The molecule has 2 heteroatoms. The normalized spacial score (nSPS) is 16.8. The quantitative estimate of drug-likeness (QED) is 0.822. The zero-order valence-corrected chi connectivity index (χ0v) is 9.32. The zero-order chi connectivity index (χ0) is 10.8. The highest BCUT2D eigenvalue weighted by molar-refractivity contribution is 5.80. The number of nitrogens with zero attached hydrogens (tertiary/aromatic N) is 1. The van der Waals surface area contributed by atoms with Gasteiger partial charge >= 0.3 is 0 Å². The van der Waals surface area contributed by atoms with Crippen molar-refractivity contribution in [2.75, 3.05) is 5.32 Å². The van der Waals surface area contributed by atoms with Crippen molar-refractivity contribution in [2.24, 2.45) is 0 Å². The van der Waals surface area contributed by atoms with Crippen LogP contribution in [0.1, 0.15) is 25.7 Å². The highest BCUT2D eigenvalue weighted by atomic mass is 15.0. The van der Waals surface area contributed by atoms with Gasteiger partial charge < -0.3 is 5.32 Å². The predicted molar refractivity (Wildman–Crippen MR) is 67.6 cm³/mol. The lowest BCUT2D eigenvalue weighted by atomic mass is 10.2. The van der Waals surface area contributed by atoms with Crippen LogP contribution in [-0.2, 0) is 0 Å². The topological polar surface area (TPSA) is 24.9 Å². The Morgan fingerprint density at radius 3 is 2.69 bits per heavy atom. The van der Waals surface area contributed by atoms with E-state index >= 15 is 0 Å². The van der Waals surface area contributed by atoms with Crippen LogP contribution >= 0.6 is 0 Å². The number of rotatable bonds is 2. The standard InChI is InChI=1S/C14H16N2/c1-4-8-13-11(5-1)9-10-14(16-13)15-12-6-2-3-7-12/h1,4-5,8-10,12H,2-3,6-7H2,(H,15,16). The van der Waals surface area contributed by atoms with Gasteiger partial charge in [-0.05, 0) is 31.0 Å². The fourth-order valence-corrected chi connectivity index (χ4v) is 2.43. The molecule has 0 radical (unpaired) electrons. The number of aromatic nitrogens is 1. The molecule has 3 rings (SSSR count). The van der Waals surface area contributed by atoms with E-state index in [4.69, 9.17) is 0 Å². The summed E-state index contributed by atoms with van der Waals surface area (Å²) in [5.74, 6) is 1.02. The molecule has 1 aromatic carbocycles. The molecule has 1 heterocycles. The van der Waals surface area contributed by atoms with Crippen LogP contribution in [0.5, 0.6) is 0 Å². The molecular formula is C14H16N2. The molecule has 1 aliphatic rings. The molecule has 1 aromatic heterocycles. The molecule has 1 N–H and O–H groups in total. The molecule has 0 spiro atoms. The van der Waals surface area contributed by atoms with Crippen LogP contribution in [0.4, 0.5) is 5.82 Å². The van der Waals surface area contributed by atoms with Crippen molar-refractivity contribution in [1.29, 1.82) is 0 Å². The number of fused-ring (bicyclic) bond motifs is 1. The minimum atomic E-state index is 0.633. The fraction of sp³-hybridized carbons (Fsp3) is 0.357. The molecular weight excluding hydrogens is 196 g/mol. The van der Waals surface area contributed by atoms with E-state index in [9.17, 15) is 0 Å². The van der Waals surface area contributed by atoms with Crippen molar-refractivity contribution in [3.05, 3.63) is 36.4 Å². The summed E-state index contributed by atoms with van der Waals surface area (Å²) in [7, 11) is 0. The highest BCUT2D eigenvalue weighted by Gasteiger charge is 2.14. The summed E-state index contributed by atoms with van der Waals surface area (Å²) in [6.07, 6.45) is 5.28. The molecule has 0 unspecified atom stereocenters. The predicted octanol–water partition coefficient (Wildman–Crippen LogP) is 3.59. The third-order valence-electron chi connectivity index (χ3n) is 3.31. The Morgan fingerprint density at radius 2 is 1.81 bits per heavy atom. The Morgan fingerprint density at radius 1 is 1.00 bits per heavy atom. The Labute approximate surface area is 95.7 Å². The van der Waals surface area contributed by atoms with Crippen molar-refractivity contribution in [2.45, 2.75) is 31.7 Å². The monoisotopic (exact) mass is 212 g/mol.